The van der Waals surface area contributed by atoms with Crippen LogP contribution < -0.4 is 5.32 Å². The summed E-state index contributed by atoms with van der Waals surface area (Å²) in [7, 11) is 0. The van der Waals surface area contributed by atoms with Gasteiger partial charge in [0, 0.05) is 12.5 Å². The van der Waals surface area contributed by atoms with Gasteiger partial charge in [-0.05, 0) is 13.3 Å². The number of ether oxygens (including phenoxy) is 1. The average molecular weight is 304 g/mol. The van der Waals surface area contributed by atoms with Crippen LogP contribution in [0.15, 0.2) is 12.2 Å². The van der Waals surface area contributed by atoms with Gasteiger partial charge in [-0.2, -0.15) is 0 Å². The van der Waals surface area contributed by atoms with Crippen molar-refractivity contribution in [1.82, 2.24) is 10.2 Å². The molecule has 3 aliphatic rings. The van der Waals surface area contributed by atoms with Crippen molar-refractivity contribution in [2.45, 2.75) is 37.9 Å². The van der Waals surface area contributed by atoms with E-state index in [1.165, 1.54) is 4.90 Å². The molecule has 0 radical (unpaired) electrons. The molecule has 0 bridgehead atoms. The van der Waals surface area contributed by atoms with Crippen molar-refractivity contribution >= 4 is 11.8 Å². The lowest BCUT2D eigenvalue weighted by Crippen LogP contribution is -2.59. The second-order valence-electron chi connectivity index (χ2n) is 5.60. The van der Waals surface area contributed by atoms with E-state index in [9.17, 15) is 22.8 Å². The van der Waals surface area contributed by atoms with Gasteiger partial charge >= 0.3 is 6.36 Å². The van der Waals surface area contributed by atoms with Crippen LogP contribution in [-0.2, 0) is 14.3 Å². The van der Waals surface area contributed by atoms with Crippen LogP contribution in [0.2, 0.25) is 0 Å². The fourth-order valence-corrected chi connectivity index (χ4v) is 3.58. The Morgan fingerprint density at radius 1 is 1.38 bits per heavy atom. The molecular weight excluding hydrogens is 289 g/mol. The number of hydrogen-bond donors (Lipinski definition) is 1. The highest BCUT2D eigenvalue weighted by Gasteiger charge is 2.56. The Hall–Kier alpha value is -1.57. The van der Waals surface area contributed by atoms with E-state index >= 15 is 0 Å². The number of alkyl halides is 3. The van der Waals surface area contributed by atoms with E-state index in [2.05, 4.69) is 10.1 Å². The number of hydrogen-bond acceptors (Lipinski definition) is 3. The number of fused-ring (bicyclic) bond motifs is 3. The molecule has 0 aromatic carbocycles. The highest BCUT2D eigenvalue weighted by atomic mass is 19.4. The predicted molar refractivity (Wildman–Crippen MR) is 64.8 cm³/mol. The second-order valence-corrected chi connectivity index (χ2v) is 5.60. The molecule has 2 amide bonds. The molecule has 5 atom stereocenters. The van der Waals surface area contributed by atoms with Gasteiger partial charge in [0.05, 0.1) is 18.1 Å². The zero-order valence-electron chi connectivity index (χ0n) is 11.3. The van der Waals surface area contributed by atoms with Crippen LogP contribution >= 0.6 is 0 Å². The monoisotopic (exact) mass is 304 g/mol. The lowest BCUT2D eigenvalue weighted by molar-refractivity contribution is -0.347. The molecule has 2 saturated heterocycles. The Morgan fingerprint density at radius 2 is 2.10 bits per heavy atom. The lowest BCUT2D eigenvalue weighted by atomic mass is 9.80. The number of carbonyl (C=O) groups is 2. The third-order valence-corrected chi connectivity index (χ3v) is 4.45. The highest BCUT2D eigenvalue weighted by Crippen LogP contribution is 2.42. The molecule has 5 unspecified atom stereocenters. The van der Waals surface area contributed by atoms with Gasteiger partial charge in [-0.3, -0.25) is 14.3 Å². The van der Waals surface area contributed by atoms with Crippen LogP contribution in [0.25, 0.3) is 0 Å². The fourth-order valence-electron chi connectivity index (χ4n) is 3.58. The molecule has 0 aromatic heterocycles. The van der Waals surface area contributed by atoms with Gasteiger partial charge in [0.25, 0.3) is 0 Å². The number of rotatable bonds is 1. The molecule has 5 nitrogen and oxygen atoms in total. The van der Waals surface area contributed by atoms with E-state index in [0.717, 1.165) is 0 Å². The Labute approximate surface area is 119 Å². The number of nitrogens with zero attached hydrogens (tertiary/aromatic N) is 1. The minimum absolute atomic E-state index is 0.0444. The Morgan fingerprint density at radius 3 is 2.76 bits per heavy atom. The van der Waals surface area contributed by atoms with Crippen molar-refractivity contribution in [3.8, 4) is 0 Å². The number of halogens is 3. The molecule has 0 aromatic rings. The summed E-state index contributed by atoms with van der Waals surface area (Å²) in [6, 6.07) is -0.965. The molecule has 2 fully saturated rings. The molecule has 8 heteroatoms. The molecule has 2 aliphatic heterocycles. The average Bonchev–Trinajstić information content (AvgIpc) is 2.67. The third-order valence-electron chi connectivity index (χ3n) is 4.45. The fraction of sp³-hybridized carbons (Fsp3) is 0.692. The normalized spacial score (nSPS) is 39.0. The lowest BCUT2D eigenvalue weighted by Gasteiger charge is -2.36. The first-order valence-corrected chi connectivity index (χ1v) is 6.80. The van der Waals surface area contributed by atoms with Crippen molar-refractivity contribution in [3.63, 3.8) is 0 Å². The summed E-state index contributed by atoms with van der Waals surface area (Å²) < 4.78 is 41.6. The van der Waals surface area contributed by atoms with Crippen LogP contribution in [0.4, 0.5) is 13.2 Å². The van der Waals surface area contributed by atoms with Crippen molar-refractivity contribution in [1.29, 1.82) is 0 Å². The van der Waals surface area contributed by atoms with E-state index in [1.807, 2.05) is 0 Å². The van der Waals surface area contributed by atoms with Crippen molar-refractivity contribution in [3.05, 3.63) is 12.2 Å². The molecule has 1 N–H and O–H groups in total. The summed E-state index contributed by atoms with van der Waals surface area (Å²) >= 11 is 0. The summed E-state index contributed by atoms with van der Waals surface area (Å²) in [5.74, 6) is -1.94. The van der Waals surface area contributed by atoms with Crippen LogP contribution in [0.1, 0.15) is 13.3 Å². The van der Waals surface area contributed by atoms with E-state index < -0.39 is 30.3 Å². The van der Waals surface area contributed by atoms with Gasteiger partial charge in [0.1, 0.15) is 6.04 Å². The first-order valence-electron chi connectivity index (χ1n) is 6.80. The van der Waals surface area contributed by atoms with Crippen LogP contribution in [0.3, 0.4) is 0 Å². The maximum absolute atomic E-state index is 12.5. The first-order chi connectivity index (χ1) is 9.79. The van der Waals surface area contributed by atoms with Crippen LogP contribution in [0.5, 0.6) is 0 Å². The van der Waals surface area contributed by atoms with Gasteiger partial charge < -0.3 is 10.2 Å². The second kappa shape index (κ2) is 4.72. The Bertz CT molecular complexity index is 505. The number of carbonyl (C=O) groups excluding carboxylic acids is 2. The molecule has 116 valence electrons. The quantitative estimate of drug-likeness (QED) is 0.730. The third kappa shape index (κ3) is 2.31. The summed E-state index contributed by atoms with van der Waals surface area (Å²) in [5.41, 5.74) is 0. The number of amides is 2. The summed E-state index contributed by atoms with van der Waals surface area (Å²) in [6.45, 7) is 1.85. The number of piperazine rings is 1. The van der Waals surface area contributed by atoms with Gasteiger partial charge in [0.15, 0.2) is 0 Å². The maximum atomic E-state index is 12.5. The van der Waals surface area contributed by atoms with Crippen molar-refractivity contribution in [2.24, 2.45) is 11.8 Å². The minimum atomic E-state index is -4.77. The zero-order chi connectivity index (χ0) is 15.4. The summed E-state index contributed by atoms with van der Waals surface area (Å²) in [5, 5.41) is 2.69. The van der Waals surface area contributed by atoms with E-state index in [1.54, 1.807) is 19.1 Å². The van der Waals surface area contributed by atoms with Gasteiger partial charge in [-0.25, -0.2) is 0 Å². The molecule has 2 heterocycles. The minimum Gasteiger partial charge on any atom is -0.352 e. The van der Waals surface area contributed by atoms with E-state index in [-0.39, 0.29) is 30.8 Å². The molecule has 3 rings (SSSR count). The standard InChI is InChI=1S/C13H15F3N2O3/c1-6-11(19)17-5-8-7-3-2-4-9(21-13(14,15)16)10(7)12(20)18(6)8/h2-3,6-10H,4-5H2,1H3,(H,17,19). The van der Waals surface area contributed by atoms with Crippen molar-refractivity contribution < 1.29 is 27.5 Å². The van der Waals surface area contributed by atoms with Gasteiger partial charge in [-0.15, -0.1) is 13.2 Å². The van der Waals surface area contributed by atoms with E-state index in [4.69, 9.17) is 0 Å². The van der Waals surface area contributed by atoms with Crippen LogP contribution in [-0.4, -0.2) is 47.8 Å². The topological polar surface area (TPSA) is 58.6 Å². The molecule has 0 spiro atoms. The Balaban J connectivity index is 1.90. The SMILES string of the molecule is CC1C(=O)NCC2C3C=CCC(OC(F)(F)F)C3C(=O)N12. The highest BCUT2D eigenvalue weighted by molar-refractivity contribution is 5.92. The predicted octanol–water partition coefficient (Wildman–Crippen LogP) is 0.813. The smallest absolute Gasteiger partial charge is 0.352 e. The summed E-state index contributed by atoms with van der Waals surface area (Å²) in [4.78, 5) is 25.6. The molecular formula is C13H15F3N2O3. The summed E-state index contributed by atoms with van der Waals surface area (Å²) in [6.07, 6.45) is -2.56. The largest absolute Gasteiger partial charge is 0.522 e. The van der Waals surface area contributed by atoms with Gasteiger partial charge in [-0.1, -0.05) is 12.2 Å². The van der Waals surface area contributed by atoms with E-state index in [0.29, 0.717) is 0 Å². The molecule has 1 aliphatic carbocycles. The zero-order valence-corrected chi connectivity index (χ0v) is 11.3. The molecule has 0 saturated carbocycles. The van der Waals surface area contributed by atoms with Gasteiger partial charge in [0.2, 0.25) is 11.8 Å². The Kier molecular flexibility index (Phi) is 3.23. The van der Waals surface area contributed by atoms with Crippen molar-refractivity contribution in [2.75, 3.05) is 6.54 Å². The maximum Gasteiger partial charge on any atom is 0.522 e. The first kappa shape index (κ1) is 14.4. The van der Waals surface area contributed by atoms with Crippen LogP contribution in [0, 0.1) is 11.8 Å². The molecule has 21 heavy (non-hydrogen) atoms. The number of nitrogens with one attached hydrogen (secondary N) is 1.